The zero-order chi connectivity index (χ0) is 38.1. The molecule has 0 saturated carbocycles. The largest absolute Gasteiger partial charge is 0.464 e. The van der Waals surface area contributed by atoms with E-state index in [0.717, 1.165) is 0 Å². The van der Waals surface area contributed by atoms with Crippen LogP contribution >= 0.6 is 0 Å². The van der Waals surface area contributed by atoms with Crippen LogP contribution in [0.25, 0.3) is 76.3 Å². The molecule has 0 aliphatic heterocycles. The fraction of sp³-hybridized carbons (Fsp3) is 0.0769. The lowest BCUT2D eigenvalue weighted by atomic mass is 9.83. The van der Waals surface area contributed by atoms with E-state index in [1.54, 1.807) is 48.5 Å². The Morgan fingerprint density at radius 2 is 1.12 bits per heavy atom. The first-order valence-electron chi connectivity index (χ1n) is 19.5. The maximum absolute atomic E-state index is 9.66. The lowest BCUT2D eigenvalue weighted by Crippen LogP contribution is -1.92. The molecule has 0 spiro atoms. The van der Waals surface area contributed by atoms with Crippen LogP contribution in [-0.2, 0) is 0 Å². The summed E-state index contributed by atoms with van der Waals surface area (Å²) in [6, 6.07) is 9.02. The summed E-state index contributed by atoms with van der Waals surface area (Å²) in [6.07, 6.45) is -0.312. The van der Waals surface area contributed by atoms with Crippen LogP contribution in [0.15, 0.2) is 132 Å². The molecule has 0 fully saturated rings. The van der Waals surface area contributed by atoms with Gasteiger partial charge in [0.25, 0.3) is 0 Å². The molecule has 1 heteroatoms. The quantitative estimate of drug-likeness (QED) is 0.165. The van der Waals surface area contributed by atoms with Gasteiger partial charge in [-0.2, -0.15) is 0 Å². The van der Waals surface area contributed by atoms with E-state index in [4.69, 9.17) is 20.9 Å². The highest BCUT2D eigenvalue weighted by Gasteiger charge is 2.21. The molecule has 0 bridgehead atoms. The summed E-state index contributed by atoms with van der Waals surface area (Å²) in [7, 11) is 0. The van der Waals surface area contributed by atoms with Gasteiger partial charge in [0.1, 0.15) is 6.95 Å². The first kappa shape index (κ1) is 13.5. The summed E-state index contributed by atoms with van der Waals surface area (Å²) in [4.78, 5) is 0. The number of furan rings is 1. The van der Waals surface area contributed by atoms with Gasteiger partial charge < -0.3 is 4.42 Å². The van der Waals surface area contributed by atoms with Crippen molar-refractivity contribution in [3.8, 4) is 22.3 Å². The van der Waals surface area contributed by atoms with Crippen molar-refractivity contribution in [2.45, 2.75) is 19.8 Å². The highest BCUT2D eigenvalue weighted by Crippen LogP contribution is 2.47. The van der Waals surface area contributed by atoms with E-state index in [0.29, 0.717) is 38.2 Å². The number of hydrogen-bond acceptors (Lipinski definition) is 1. The normalized spacial score (nSPS) is 16.5. The predicted octanol–water partition coefficient (Wildman–Crippen LogP) is 11.5. The maximum atomic E-state index is 9.66. The molecule has 0 unspecified atom stereocenters. The van der Waals surface area contributed by atoms with Gasteiger partial charge >= 0.3 is 0 Å². The smallest absolute Gasteiger partial charge is 0.134 e. The van der Waals surface area contributed by atoms with E-state index in [1.165, 1.54) is 0 Å². The van der Waals surface area contributed by atoms with Crippen LogP contribution in [0, 0.1) is 0 Å². The Kier molecular flexibility index (Phi) is 2.97. The molecule has 1 heterocycles. The molecule has 40 heavy (non-hydrogen) atoms. The molecule has 1 aromatic heterocycles. The summed E-state index contributed by atoms with van der Waals surface area (Å²) < 4.78 is 121. The van der Waals surface area contributed by atoms with Crippen LogP contribution in [0.4, 0.5) is 0 Å². The number of hydrogen-bond donors (Lipinski definition) is 0. The first-order valence-corrected chi connectivity index (χ1v) is 13.0. The standard InChI is InChI=1S/C39H28O/c1-24(2)25-19-20-30-36(23-40-37(30)22-25)39-33-17-9-7-15-31(33)38(32-16-8-10-18-34(32)39)35-21-26-11-3-4-12-27(26)28-13-5-6-14-29(28)35/h3-24H,1-2H3/i3D,4D,5D,6D,11D,12D,13D,14D,19D,20D,21D,22D,23D. The Morgan fingerprint density at radius 3 is 1.77 bits per heavy atom. The second kappa shape index (κ2) is 8.83. The van der Waals surface area contributed by atoms with Crippen LogP contribution in [0.5, 0.6) is 0 Å². The van der Waals surface area contributed by atoms with E-state index in [-0.39, 0.29) is 80.0 Å². The molecule has 190 valence electrons. The average molecular weight is 526 g/mol. The Labute approximate surface area is 251 Å². The molecule has 1 nitrogen and oxygen atoms in total. The second-order valence-corrected chi connectivity index (χ2v) is 10.1. The summed E-state index contributed by atoms with van der Waals surface area (Å²) in [6.45, 7) is 3.65. The third-order valence-electron chi connectivity index (χ3n) is 7.44. The van der Waals surface area contributed by atoms with E-state index in [2.05, 4.69) is 0 Å². The topological polar surface area (TPSA) is 13.1 Å². The zero-order valence-corrected chi connectivity index (χ0v) is 21.6. The van der Waals surface area contributed by atoms with Crippen LogP contribution in [-0.4, -0.2) is 0 Å². The van der Waals surface area contributed by atoms with Gasteiger partial charge in [-0.1, -0.05) is 123 Å². The highest BCUT2D eigenvalue weighted by molar-refractivity contribution is 6.26. The average Bonchev–Trinajstić information content (AvgIpc) is 3.48. The predicted molar refractivity (Wildman–Crippen MR) is 171 cm³/mol. The van der Waals surface area contributed by atoms with Gasteiger partial charge in [0.2, 0.25) is 0 Å². The van der Waals surface area contributed by atoms with Crippen molar-refractivity contribution in [1.29, 1.82) is 0 Å². The minimum atomic E-state index is -0.594. The van der Waals surface area contributed by atoms with Gasteiger partial charge in [-0.15, -0.1) is 0 Å². The SMILES string of the molecule is [2H]c1oc2c([2H])c(C(C)C)c([2H])c([2H])c2c1-c1c2ccccc2c(-c2c([2H])c3c([2H])c([2H])c([2H])c([2H])c3c3c([2H])c([2H])c([2H])c([2H])c23)c2ccccc12. The fourth-order valence-corrected chi connectivity index (χ4v) is 5.60. The fourth-order valence-electron chi connectivity index (χ4n) is 5.60. The number of benzene rings is 7. The minimum absolute atomic E-state index is 0.0195. The molecule has 0 saturated heterocycles. The molecule has 0 N–H and O–H groups in total. The zero-order valence-electron chi connectivity index (χ0n) is 34.6. The molecule has 0 amide bonds. The van der Waals surface area contributed by atoms with Gasteiger partial charge in [0, 0.05) is 16.5 Å². The van der Waals surface area contributed by atoms with Gasteiger partial charge in [-0.3, -0.25) is 0 Å². The Balaban J connectivity index is 1.66. The third-order valence-corrected chi connectivity index (χ3v) is 7.44. The molecule has 0 radical (unpaired) electrons. The summed E-state index contributed by atoms with van der Waals surface area (Å²) in [5.74, 6) is -0.251. The third kappa shape index (κ3) is 3.34. The Hall–Kier alpha value is -4.88. The van der Waals surface area contributed by atoms with Gasteiger partial charge in [-0.25, -0.2) is 0 Å². The van der Waals surface area contributed by atoms with Crippen molar-refractivity contribution in [3.05, 3.63) is 133 Å². The van der Waals surface area contributed by atoms with Gasteiger partial charge in [0.15, 0.2) is 0 Å². The first-order chi connectivity index (χ1) is 25.1. The van der Waals surface area contributed by atoms with Gasteiger partial charge in [0.05, 0.1) is 22.7 Å². The lowest BCUT2D eigenvalue weighted by molar-refractivity contribution is 0.616. The number of rotatable bonds is 3. The van der Waals surface area contributed by atoms with E-state index >= 15 is 0 Å². The molecule has 7 aromatic carbocycles. The molecule has 8 rings (SSSR count). The summed E-state index contributed by atoms with van der Waals surface area (Å²) >= 11 is 0. The van der Waals surface area contributed by atoms with Gasteiger partial charge in [-0.05, 0) is 77.8 Å². The Morgan fingerprint density at radius 1 is 0.550 bits per heavy atom. The molecule has 0 atom stereocenters. The molecule has 0 aliphatic rings. The van der Waals surface area contributed by atoms with Crippen LogP contribution in [0.1, 0.15) is 43.1 Å². The van der Waals surface area contributed by atoms with Crippen LogP contribution in [0.2, 0.25) is 0 Å². The van der Waals surface area contributed by atoms with Crippen molar-refractivity contribution in [2.24, 2.45) is 0 Å². The summed E-state index contributed by atoms with van der Waals surface area (Å²) in [5.41, 5.74) is 1.42. The molecular formula is C39H28O. The highest BCUT2D eigenvalue weighted by atomic mass is 16.3. The molecule has 0 aliphatic carbocycles. The van der Waals surface area contributed by atoms with Crippen molar-refractivity contribution in [1.82, 2.24) is 0 Å². The monoisotopic (exact) mass is 525 g/mol. The van der Waals surface area contributed by atoms with E-state index in [1.807, 2.05) is 13.8 Å². The van der Waals surface area contributed by atoms with E-state index < -0.39 is 48.3 Å². The van der Waals surface area contributed by atoms with E-state index in [9.17, 15) is 1.37 Å². The number of fused-ring (bicyclic) bond motifs is 6. The molecule has 8 aromatic rings. The maximum Gasteiger partial charge on any atom is 0.134 e. The van der Waals surface area contributed by atoms with Crippen molar-refractivity contribution in [3.63, 3.8) is 0 Å². The van der Waals surface area contributed by atoms with Crippen molar-refractivity contribution in [2.75, 3.05) is 0 Å². The molecular weight excluding hydrogens is 484 g/mol. The minimum Gasteiger partial charge on any atom is -0.464 e. The Bertz CT molecular complexity index is 2910. The van der Waals surface area contributed by atoms with Crippen molar-refractivity contribution >= 4 is 54.1 Å². The van der Waals surface area contributed by atoms with Crippen LogP contribution < -0.4 is 0 Å². The summed E-state index contributed by atoms with van der Waals surface area (Å²) in [5, 5.41) is 1.56. The van der Waals surface area contributed by atoms with Crippen LogP contribution in [0.3, 0.4) is 0 Å². The second-order valence-electron chi connectivity index (χ2n) is 10.1. The lowest BCUT2D eigenvalue weighted by Gasteiger charge is -2.19. The van der Waals surface area contributed by atoms with Crippen molar-refractivity contribution < 1.29 is 22.2 Å².